The van der Waals surface area contributed by atoms with Gasteiger partial charge in [-0.05, 0) is 37.6 Å². The van der Waals surface area contributed by atoms with Crippen LogP contribution in [0.15, 0.2) is 41.2 Å². The maximum Gasteiger partial charge on any atom is 0.255 e. The van der Waals surface area contributed by atoms with E-state index in [1.54, 1.807) is 22.8 Å². The fraction of sp³-hybridized carbons (Fsp3) is 0.250. The van der Waals surface area contributed by atoms with Crippen LogP contribution >= 0.6 is 11.6 Å². The fourth-order valence-electron chi connectivity index (χ4n) is 2.18. The molecule has 0 saturated carbocycles. The van der Waals surface area contributed by atoms with Crippen LogP contribution in [0.1, 0.15) is 25.5 Å². The third-order valence-electron chi connectivity index (χ3n) is 3.12. The SMILES string of the molecule is CC(C)n1c(-c2ccc(Cl)cc2)ccc(CC#N)c1=O. The number of hydrogen-bond donors (Lipinski definition) is 0. The van der Waals surface area contributed by atoms with Crippen LogP contribution in [0, 0.1) is 11.3 Å². The van der Waals surface area contributed by atoms with Crippen molar-refractivity contribution >= 4 is 11.6 Å². The molecule has 0 amide bonds. The molecule has 0 radical (unpaired) electrons. The van der Waals surface area contributed by atoms with E-state index in [0.717, 1.165) is 11.3 Å². The van der Waals surface area contributed by atoms with E-state index in [2.05, 4.69) is 0 Å². The van der Waals surface area contributed by atoms with Crippen molar-refractivity contribution in [3.05, 3.63) is 57.3 Å². The van der Waals surface area contributed by atoms with Crippen molar-refractivity contribution < 1.29 is 0 Å². The number of aromatic nitrogens is 1. The number of benzene rings is 1. The lowest BCUT2D eigenvalue weighted by atomic mass is 10.1. The molecule has 1 heterocycles. The van der Waals surface area contributed by atoms with E-state index in [0.29, 0.717) is 10.6 Å². The van der Waals surface area contributed by atoms with E-state index < -0.39 is 0 Å². The molecule has 1 aromatic carbocycles. The Labute approximate surface area is 123 Å². The van der Waals surface area contributed by atoms with Crippen molar-refractivity contribution in [1.82, 2.24) is 4.57 Å². The van der Waals surface area contributed by atoms with Gasteiger partial charge in [-0.25, -0.2) is 0 Å². The first-order valence-corrected chi connectivity index (χ1v) is 6.79. The van der Waals surface area contributed by atoms with E-state index in [1.165, 1.54) is 0 Å². The Morgan fingerprint density at radius 2 is 1.85 bits per heavy atom. The number of nitriles is 1. The molecule has 0 saturated heterocycles. The van der Waals surface area contributed by atoms with E-state index in [-0.39, 0.29) is 18.0 Å². The van der Waals surface area contributed by atoms with Crippen LogP contribution in [0.4, 0.5) is 0 Å². The lowest BCUT2D eigenvalue weighted by molar-refractivity contribution is 0.581. The molecule has 3 nitrogen and oxygen atoms in total. The average molecular weight is 287 g/mol. The molecular formula is C16H15ClN2O. The molecule has 20 heavy (non-hydrogen) atoms. The van der Waals surface area contributed by atoms with Gasteiger partial charge in [0.15, 0.2) is 0 Å². The smallest absolute Gasteiger partial charge is 0.255 e. The summed E-state index contributed by atoms with van der Waals surface area (Å²) in [7, 11) is 0. The van der Waals surface area contributed by atoms with Crippen molar-refractivity contribution in [2.24, 2.45) is 0 Å². The summed E-state index contributed by atoms with van der Waals surface area (Å²) >= 11 is 5.89. The Balaban J connectivity index is 2.65. The molecule has 0 fully saturated rings. The van der Waals surface area contributed by atoms with Gasteiger partial charge in [-0.3, -0.25) is 4.79 Å². The second-order valence-electron chi connectivity index (χ2n) is 4.85. The molecule has 0 unspecified atom stereocenters. The highest BCUT2D eigenvalue weighted by atomic mass is 35.5. The molecule has 0 N–H and O–H groups in total. The van der Waals surface area contributed by atoms with Gasteiger partial charge in [-0.15, -0.1) is 0 Å². The molecule has 4 heteroatoms. The molecule has 2 aromatic rings. The predicted molar refractivity (Wildman–Crippen MR) is 80.9 cm³/mol. The number of pyridine rings is 1. The zero-order valence-electron chi connectivity index (χ0n) is 11.4. The Bertz CT molecular complexity index is 709. The molecule has 0 bridgehead atoms. The monoisotopic (exact) mass is 286 g/mol. The van der Waals surface area contributed by atoms with Gasteiger partial charge in [0, 0.05) is 16.6 Å². The highest BCUT2D eigenvalue weighted by molar-refractivity contribution is 6.30. The van der Waals surface area contributed by atoms with Crippen LogP contribution in [0.5, 0.6) is 0 Å². The zero-order valence-corrected chi connectivity index (χ0v) is 12.2. The van der Waals surface area contributed by atoms with Crippen molar-refractivity contribution in [3.8, 4) is 17.3 Å². The van der Waals surface area contributed by atoms with Crippen molar-refractivity contribution in [2.45, 2.75) is 26.3 Å². The summed E-state index contributed by atoms with van der Waals surface area (Å²) in [4.78, 5) is 12.4. The van der Waals surface area contributed by atoms with Gasteiger partial charge in [-0.2, -0.15) is 5.26 Å². The molecule has 0 aliphatic rings. The summed E-state index contributed by atoms with van der Waals surface area (Å²) in [6, 6.07) is 13.0. The molecule has 0 aliphatic carbocycles. The fourth-order valence-corrected chi connectivity index (χ4v) is 2.31. The van der Waals surface area contributed by atoms with Crippen molar-refractivity contribution in [3.63, 3.8) is 0 Å². The minimum Gasteiger partial charge on any atom is -0.306 e. The third kappa shape index (κ3) is 2.76. The Hall–Kier alpha value is -2.05. The van der Waals surface area contributed by atoms with Gasteiger partial charge in [0.25, 0.3) is 5.56 Å². The highest BCUT2D eigenvalue weighted by Gasteiger charge is 2.12. The van der Waals surface area contributed by atoms with E-state index >= 15 is 0 Å². The minimum absolute atomic E-state index is 0.0202. The topological polar surface area (TPSA) is 45.8 Å². The summed E-state index contributed by atoms with van der Waals surface area (Å²) in [5, 5.41) is 9.44. The first kappa shape index (κ1) is 14.4. The number of halogens is 1. The predicted octanol–water partition coefficient (Wildman–Crippen LogP) is 3.82. The van der Waals surface area contributed by atoms with Gasteiger partial charge in [-0.1, -0.05) is 29.8 Å². The van der Waals surface area contributed by atoms with Crippen molar-refractivity contribution in [2.75, 3.05) is 0 Å². The molecule has 0 spiro atoms. The summed E-state index contributed by atoms with van der Waals surface area (Å²) < 4.78 is 1.72. The molecular weight excluding hydrogens is 272 g/mol. The van der Waals surface area contributed by atoms with E-state index in [1.807, 2.05) is 38.1 Å². The van der Waals surface area contributed by atoms with E-state index in [4.69, 9.17) is 16.9 Å². The second-order valence-corrected chi connectivity index (χ2v) is 5.29. The Morgan fingerprint density at radius 1 is 1.20 bits per heavy atom. The molecule has 0 atom stereocenters. The van der Waals surface area contributed by atoms with Crippen LogP contribution in [0.25, 0.3) is 11.3 Å². The summed E-state index contributed by atoms with van der Waals surface area (Å²) in [6.45, 7) is 3.91. The Kier molecular flexibility index (Phi) is 4.26. The third-order valence-corrected chi connectivity index (χ3v) is 3.37. The first-order chi connectivity index (χ1) is 9.54. The number of nitrogens with zero attached hydrogens (tertiary/aromatic N) is 2. The zero-order chi connectivity index (χ0) is 14.7. The van der Waals surface area contributed by atoms with Crippen LogP contribution in [-0.4, -0.2) is 4.57 Å². The minimum atomic E-state index is -0.103. The first-order valence-electron chi connectivity index (χ1n) is 6.42. The number of rotatable bonds is 3. The highest BCUT2D eigenvalue weighted by Crippen LogP contribution is 2.23. The molecule has 2 rings (SSSR count). The lowest BCUT2D eigenvalue weighted by Crippen LogP contribution is -2.26. The molecule has 1 aromatic heterocycles. The van der Waals surface area contributed by atoms with Gasteiger partial charge >= 0.3 is 0 Å². The Morgan fingerprint density at radius 3 is 2.40 bits per heavy atom. The standard InChI is InChI=1S/C16H15ClN2O/c1-11(2)19-15(12-3-6-14(17)7-4-12)8-5-13(9-10-18)16(19)20/h3-8,11H,9H2,1-2H3. The van der Waals surface area contributed by atoms with Crippen LogP contribution in [0.2, 0.25) is 5.02 Å². The lowest BCUT2D eigenvalue weighted by Gasteiger charge is -2.17. The van der Waals surface area contributed by atoms with Gasteiger partial charge in [0.2, 0.25) is 0 Å². The maximum atomic E-state index is 12.4. The van der Waals surface area contributed by atoms with Crippen LogP contribution in [0.3, 0.4) is 0 Å². The number of hydrogen-bond acceptors (Lipinski definition) is 2. The van der Waals surface area contributed by atoms with Gasteiger partial charge in [0.1, 0.15) is 0 Å². The van der Waals surface area contributed by atoms with E-state index in [9.17, 15) is 4.79 Å². The molecule has 102 valence electrons. The summed E-state index contributed by atoms with van der Waals surface area (Å²) in [5.74, 6) is 0. The average Bonchev–Trinajstić information content (AvgIpc) is 2.41. The summed E-state index contributed by atoms with van der Waals surface area (Å²) in [5.41, 5.74) is 2.19. The second kappa shape index (κ2) is 5.94. The quantitative estimate of drug-likeness (QED) is 0.861. The molecule has 0 aliphatic heterocycles. The van der Waals surface area contributed by atoms with Crippen LogP contribution < -0.4 is 5.56 Å². The van der Waals surface area contributed by atoms with Crippen LogP contribution in [-0.2, 0) is 6.42 Å². The normalized spacial score (nSPS) is 10.6. The van der Waals surface area contributed by atoms with Crippen molar-refractivity contribution in [1.29, 1.82) is 5.26 Å². The van der Waals surface area contributed by atoms with Gasteiger partial charge < -0.3 is 4.57 Å². The largest absolute Gasteiger partial charge is 0.306 e. The summed E-state index contributed by atoms with van der Waals surface area (Å²) in [6.07, 6.45) is 0.131. The van der Waals surface area contributed by atoms with Gasteiger partial charge in [0.05, 0.1) is 18.2 Å². The maximum absolute atomic E-state index is 12.4.